The molecule has 0 bridgehead atoms. The number of ketones is 1. The number of hydrogen-bond acceptors (Lipinski definition) is 5. The number of hydrogen-bond donors (Lipinski definition) is 0. The van der Waals surface area contributed by atoms with Gasteiger partial charge in [-0.2, -0.15) is 0 Å². The van der Waals surface area contributed by atoms with Crippen LogP contribution in [0.5, 0.6) is 0 Å². The van der Waals surface area contributed by atoms with E-state index in [-0.39, 0.29) is 12.2 Å². The van der Waals surface area contributed by atoms with Gasteiger partial charge in [-0.1, -0.05) is 6.92 Å². The monoisotopic (exact) mass is 327 g/mol. The smallest absolute Gasteiger partial charge is 0.343 e. The van der Waals surface area contributed by atoms with E-state index in [0.717, 1.165) is 0 Å². The molecule has 3 rings (SSSR count). The van der Waals surface area contributed by atoms with Crippen LogP contribution >= 0.6 is 0 Å². The van der Waals surface area contributed by atoms with Gasteiger partial charge in [0.1, 0.15) is 18.0 Å². The lowest BCUT2D eigenvalue weighted by molar-refractivity contribution is -0.152. The molecule has 0 amide bonds. The molecule has 0 radical (unpaired) electrons. The van der Waals surface area contributed by atoms with Crippen molar-refractivity contribution in [2.24, 2.45) is 11.8 Å². The van der Waals surface area contributed by atoms with Gasteiger partial charge in [0.2, 0.25) is 0 Å². The first-order chi connectivity index (χ1) is 10.9. The number of halogens is 2. The maximum atomic E-state index is 14.3. The van der Waals surface area contributed by atoms with Crippen LogP contribution in [-0.4, -0.2) is 47.7 Å². The Morgan fingerprint density at radius 2 is 2.09 bits per heavy atom. The van der Waals surface area contributed by atoms with E-state index in [1.54, 1.807) is 18.7 Å². The summed E-state index contributed by atoms with van der Waals surface area (Å²) in [5.41, 5.74) is 0.500. The summed E-state index contributed by atoms with van der Waals surface area (Å²) >= 11 is 0. The Balaban J connectivity index is 2.08. The molecule has 0 spiro atoms. The van der Waals surface area contributed by atoms with E-state index in [1.165, 1.54) is 19.4 Å². The van der Waals surface area contributed by atoms with Crippen LogP contribution in [0.15, 0.2) is 23.7 Å². The molecule has 23 heavy (non-hydrogen) atoms. The molecule has 3 aliphatic rings. The third-order valence-electron chi connectivity index (χ3n) is 4.85. The number of alkyl halides is 2. The SMILES string of the molecule is CCOC(=O)C1=CN2C(C)=COC3C(F)C(F)C(C)C(C1=O)C32. The molecule has 5 nitrogen and oxygen atoms in total. The molecule has 0 aromatic rings. The largest absolute Gasteiger partial charge is 0.491 e. The highest BCUT2D eigenvalue weighted by Gasteiger charge is 2.59. The minimum Gasteiger partial charge on any atom is -0.491 e. The predicted octanol–water partition coefficient (Wildman–Crippen LogP) is 1.89. The van der Waals surface area contributed by atoms with E-state index in [2.05, 4.69) is 0 Å². The lowest BCUT2D eigenvalue weighted by atomic mass is 9.67. The summed E-state index contributed by atoms with van der Waals surface area (Å²) in [6.07, 6.45) is -1.99. The number of ether oxygens (including phenoxy) is 2. The molecule has 126 valence electrons. The second kappa shape index (κ2) is 5.62. The molecule has 6 unspecified atom stereocenters. The Labute approximate surface area is 132 Å². The van der Waals surface area contributed by atoms with E-state index >= 15 is 0 Å². The Kier molecular flexibility index (Phi) is 3.90. The molecule has 2 heterocycles. The van der Waals surface area contributed by atoms with Crippen molar-refractivity contribution in [1.29, 1.82) is 0 Å². The van der Waals surface area contributed by atoms with Crippen molar-refractivity contribution in [3.05, 3.63) is 23.7 Å². The predicted molar refractivity (Wildman–Crippen MR) is 76.4 cm³/mol. The van der Waals surface area contributed by atoms with Crippen molar-refractivity contribution in [2.45, 2.75) is 45.3 Å². The second-order valence-electron chi connectivity index (χ2n) is 6.16. The fraction of sp³-hybridized carbons (Fsp3) is 0.625. The minimum atomic E-state index is -1.82. The maximum Gasteiger partial charge on any atom is 0.343 e. The summed E-state index contributed by atoms with van der Waals surface area (Å²) in [6, 6.07) is -0.650. The average Bonchev–Trinajstić information content (AvgIpc) is 2.52. The normalized spacial score (nSPS) is 39.0. The first-order valence-electron chi connectivity index (χ1n) is 7.70. The van der Waals surface area contributed by atoms with Gasteiger partial charge in [-0.3, -0.25) is 4.79 Å². The number of carbonyl (C=O) groups excluding carboxylic acids is 2. The Morgan fingerprint density at radius 3 is 2.74 bits per heavy atom. The maximum absolute atomic E-state index is 14.3. The molecule has 6 atom stereocenters. The van der Waals surface area contributed by atoms with Crippen LogP contribution in [0.25, 0.3) is 0 Å². The Bertz CT molecular complexity index is 603. The van der Waals surface area contributed by atoms with Gasteiger partial charge in [-0.25, -0.2) is 13.6 Å². The summed E-state index contributed by atoms with van der Waals surface area (Å²) < 4.78 is 38.9. The molecule has 0 aromatic heterocycles. The van der Waals surface area contributed by atoms with E-state index in [0.29, 0.717) is 5.70 Å². The minimum absolute atomic E-state index is 0.127. The van der Waals surface area contributed by atoms with Crippen LogP contribution in [-0.2, 0) is 19.1 Å². The highest BCUT2D eigenvalue weighted by atomic mass is 19.2. The molecule has 7 heteroatoms. The van der Waals surface area contributed by atoms with Crippen molar-refractivity contribution in [2.75, 3.05) is 6.61 Å². The first-order valence-corrected chi connectivity index (χ1v) is 7.70. The molecule has 1 saturated carbocycles. The van der Waals surface area contributed by atoms with E-state index in [1.807, 2.05) is 0 Å². The standard InChI is InChI=1S/C16H19F2NO4/c1-4-22-16(21)9-5-19-7(2)6-23-15-12(18)11(17)8(3)10(13(15)19)14(9)20/h5-6,8,10-13,15H,4H2,1-3H3. The van der Waals surface area contributed by atoms with Crippen molar-refractivity contribution < 1.29 is 27.8 Å². The van der Waals surface area contributed by atoms with Crippen LogP contribution in [0, 0.1) is 11.8 Å². The number of nitrogens with zero attached hydrogens (tertiary/aromatic N) is 1. The van der Waals surface area contributed by atoms with Gasteiger partial charge in [-0.15, -0.1) is 0 Å². The average molecular weight is 327 g/mol. The van der Waals surface area contributed by atoms with E-state index in [4.69, 9.17) is 9.47 Å². The van der Waals surface area contributed by atoms with Crippen LogP contribution in [0.4, 0.5) is 8.78 Å². The van der Waals surface area contributed by atoms with Crippen LogP contribution < -0.4 is 0 Å². The van der Waals surface area contributed by atoms with E-state index < -0.39 is 48.1 Å². The summed E-state index contributed by atoms with van der Waals surface area (Å²) in [4.78, 5) is 26.4. The van der Waals surface area contributed by atoms with Crippen molar-refractivity contribution in [1.82, 2.24) is 4.90 Å². The first kappa shape index (κ1) is 16.0. The Hall–Kier alpha value is -1.92. The van der Waals surface area contributed by atoms with Gasteiger partial charge in [0.15, 0.2) is 18.1 Å². The van der Waals surface area contributed by atoms with Gasteiger partial charge < -0.3 is 14.4 Å². The molecule has 1 fully saturated rings. The molecule has 2 aliphatic heterocycles. The zero-order valence-electron chi connectivity index (χ0n) is 13.2. The second-order valence-corrected chi connectivity index (χ2v) is 6.16. The molecular formula is C16H19F2NO4. The third-order valence-corrected chi connectivity index (χ3v) is 4.85. The summed E-state index contributed by atoms with van der Waals surface area (Å²) in [7, 11) is 0. The number of rotatable bonds is 2. The number of carbonyl (C=O) groups is 2. The zero-order chi connectivity index (χ0) is 16.9. The quantitative estimate of drug-likeness (QED) is 0.573. The molecule has 0 saturated heterocycles. The highest BCUT2D eigenvalue weighted by Crippen LogP contribution is 2.45. The van der Waals surface area contributed by atoms with Crippen LogP contribution in [0.2, 0.25) is 0 Å². The van der Waals surface area contributed by atoms with Crippen molar-refractivity contribution in [3.8, 4) is 0 Å². The third kappa shape index (κ3) is 2.24. The van der Waals surface area contributed by atoms with Gasteiger partial charge in [0.25, 0.3) is 0 Å². The summed E-state index contributed by atoms with van der Waals surface area (Å²) in [5.74, 6) is -2.95. The molecule has 1 aliphatic carbocycles. The van der Waals surface area contributed by atoms with Crippen LogP contribution in [0.3, 0.4) is 0 Å². The van der Waals surface area contributed by atoms with Crippen LogP contribution in [0.1, 0.15) is 20.8 Å². The van der Waals surface area contributed by atoms with Gasteiger partial charge in [0, 0.05) is 17.8 Å². The Morgan fingerprint density at radius 1 is 1.39 bits per heavy atom. The molecular weight excluding hydrogens is 308 g/mol. The van der Waals surface area contributed by atoms with E-state index in [9.17, 15) is 18.4 Å². The number of allylic oxidation sites excluding steroid dienone is 1. The fourth-order valence-corrected chi connectivity index (χ4v) is 3.66. The lowest BCUT2D eigenvalue weighted by Crippen LogP contribution is -2.65. The van der Waals surface area contributed by atoms with Crippen molar-refractivity contribution in [3.63, 3.8) is 0 Å². The zero-order valence-corrected chi connectivity index (χ0v) is 13.2. The van der Waals surface area contributed by atoms with Crippen molar-refractivity contribution >= 4 is 11.8 Å². The van der Waals surface area contributed by atoms with Gasteiger partial charge in [-0.05, 0) is 13.8 Å². The summed E-state index contributed by atoms with van der Waals surface area (Å²) in [6.45, 7) is 4.99. The van der Waals surface area contributed by atoms with Gasteiger partial charge >= 0.3 is 5.97 Å². The molecule has 0 aromatic carbocycles. The summed E-state index contributed by atoms with van der Waals surface area (Å²) in [5, 5.41) is 0. The molecule has 0 N–H and O–H groups in total. The fourth-order valence-electron chi connectivity index (χ4n) is 3.66. The highest BCUT2D eigenvalue weighted by molar-refractivity contribution is 6.19. The lowest BCUT2D eigenvalue weighted by Gasteiger charge is -2.52. The number of Topliss-reactive ketones (excluding diaryl/α,β-unsaturated/α-hetero) is 1. The topological polar surface area (TPSA) is 55.8 Å². The van der Waals surface area contributed by atoms with Gasteiger partial charge in [0.05, 0.1) is 18.6 Å². The number of esters is 1.